The molecule has 1 aromatic carbocycles. The van der Waals surface area contributed by atoms with E-state index in [1.54, 1.807) is 18.2 Å². The van der Waals surface area contributed by atoms with Crippen LogP contribution in [0.1, 0.15) is 43.4 Å². The van der Waals surface area contributed by atoms with Crippen LogP contribution in [0.3, 0.4) is 0 Å². The molecule has 3 heteroatoms. The predicted octanol–water partition coefficient (Wildman–Crippen LogP) is 3.81. The summed E-state index contributed by atoms with van der Waals surface area (Å²) in [5, 5.41) is -0.477. The molecule has 0 aliphatic heterocycles. The highest BCUT2D eigenvalue weighted by Crippen LogP contribution is 2.30. The first-order valence-electron chi connectivity index (χ1n) is 5.63. The molecule has 0 aromatic heterocycles. The van der Waals surface area contributed by atoms with Crippen LogP contribution in [0.5, 0.6) is 0 Å². The zero-order valence-corrected chi connectivity index (χ0v) is 9.89. The Hall–Kier alpha value is -0.855. The first-order valence-corrected chi connectivity index (χ1v) is 5.63. The molecule has 0 N–H and O–H groups in total. The predicted molar refractivity (Wildman–Crippen MR) is 64.1 cm³/mol. The highest BCUT2D eigenvalue weighted by molar-refractivity contribution is 6.15. The van der Waals surface area contributed by atoms with E-state index in [0.717, 1.165) is 18.4 Å². The van der Waals surface area contributed by atoms with Crippen molar-refractivity contribution >= 4 is 7.85 Å². The van der Waals surface area contributed by atoms with E-state index in [9.17, 15) is 8.78 Å². The van der Waals surface area contributed by atoms with Crippen LogP contribution in [0.4, 0.5) is 8.78 Å². The summed E-state index contributed by atoms with van der Waals surface area (Å²) in [5.41, 5.74) is 1.84. The molecule has 0 nitrogen and oxygen atoms in total. The molecule has 1 rings (SSSR count). The van der Waals surface area contributed by atoms with Gasteiger partial charge in [-0.15, -0.1) is 0 Å². The molecule has 0 saturated carbocycles. The third kappa shape index (κ3) is 2.63. The Labute approximate surface area is 97.5 Å². The second-order valence-electron chi connectivity index (χ2n) is 4.17. The van der Waals surface area contributed by atoms with Crippen molar-refractivity contribution in [1.82, 2.24) is 0 Å². The average molecular weight is 222 g/mol. The summed E-state index contributed by atoms with van der Waals surface area (Å²) in [6.45, 7) is 2.82. The van der Waals surface area contributed by atoms with Crippen LogP contribution in [0.25, 0.3) is 0 Å². The van der Waals surface area contributed by atoms with E-state index < -0.39 is 18.7 Å². The molecule has 16 heavy (non-hydrogen) atoms. The number of benzene rings is 1. The van der Waals surface area contributed by atoms with Crippen LogP contribution in [-0.2, 0) is 18.7 Å². The van der Waals surface area contributed by atoms with Gasteiger partial charge in [-0.3, -0.25) is 0 Å². The van der Waals surface area contributed by atoms with Gasteiger partial charge >= 0.3 is 0 Å². The van der Waals surface area contributed by atoms with E-state index in [0.29, 0.717) is 11.1 Å². The summed E-state index contributed by atoms with van der Waals surface area (Å²) >= 11 is 0. The van der Waals surface area contributed by atoms with Gasteiger partial charge in [0.15, 0.2) is 0 Å². The zero-order valence-electron chi connectivity index (χ0n) is 9.89. The molecule has 86 valence electrons. The highest BCUT2D eigenvalue weighted by Gasteiger charge is 2.22. The van der Waals surface area contributed by atoms with Crippen molar-refractivity contribution in [2.75, 3.05) is 0 Å². The topological polar surface area (TPSA) is 0 Å². The Morgan fingerprint density at radius 2 is 1.44 bits per heavy atom. The lowest BCUT2D eigenvalue weighted by Crippen LogP contribution is -2.24. The Morgan fingerprint density at radius 3 is 1.75 bits per heavy atom. The fraction of sp³-hybridized carbons (Fsp3) is 0.538. The van der Waals surface area contributed by atoms with Crippen LogP contribution in [0, 0.1) is 0 Å². The second kappa shape index (κ2) is 5.47. The molecule has 0 spiro atoms. The molecule has 0 unspecified atom stereocenters. The Morgan fingerprint density at radius 1 is 1.00 bits per heavy atom. The summed E-state index contributed by atoms with van der Waals surface area (Å²) < 4.78 is 25.3. The van der Waals surface area contributed by atoms with Crippen molar-refractivity contribution in [2.24, 2.45) is 0 Å². The minimum Gasteiger partial charge on any atom is -0.246 e. The van der Waals surface area contributed by atoms with Gasteiger partial charge in [0.05, 0.1) is 7.85 Å². The maximum absolute atomic E-state index is 12.7. The molecular formula is C13H17BF2. The molecule has 0 aliphatic carbocycles. The third-order valence-electron chi connectivity index (χ3n) is 3.20. The van der Waals surface area contributed by atoms with E-state index >= 15 is 0 Å². The number of hydrogen-bond acceptors (Lipinski definition) is 0. The molecule has 0 fully saturated rings. The van der Waals surface area contributed by atoms with Gasteiger partial charge in [-0.25, -0.2) is 8.78 Å². The molecule has 0 atom stereocenters. The monoisotopic (exact) mass is 222 g/mol. The first kappa shape index (κ1) is 13.2. The van der Waals surface area contributed by atoms with Crippen molar-refractivity contribution in [1.29, 1.82) is 0 Å². The summed E-state index contributed by atoms with van der Waals surface area (Å²) in [7, 11) is 6.22. The maximum Gasteiger partial charge on any atom is 0.115 e. The van der Waals surface area contributed by atoms with Gasteiger partial charge < -0.3 is 0 Å². The minimum atomic E-state index is -0.579. The number of halogens is 2. The van der Waals surface area contributed by atoms with Gasteiger partial charge in [0.2, 0.25) is 0 Å². The molecule has 0 amide bonds. The lowest BCUT2D eigenvalue weighted by Gasteiger charge is -2.29. The maximum atomic E-state index is 12.7. The second-order valence-corrected chi connectivity index (χ2v) is 4.17. The van der Waals surface area contributed by atoms with E-state index in [1.165, 1.54) is 0 Å². The van der Waals surface area contributed by atoms with Gasteiger partial charge in [-0.2, -0.15) is 0 Å². The zero-order chi connectivity index (χ0) is 12.2. The van der Waals surface area contributed by atoms with Crippen LogP contribution in [0.2, 0.25) is 0 Å². The Kier molecular flexibility index (Phi) is 4.51. The standard InChI is InChI=1S/C13H17BF2/c1-3-13(14,4-2)12-6-10(8-15)5-11(7-12)9-16/h5-7H,3-4,8-9H2,1-2H3. The molecule has 2 radical (unpaired) electrons. The molecular weight excluding hydrogens is 205 g/mol. The Bertz CT molecular complexity index is 324. The molecule has 0 bridgehead atoms. The average Bonchev–Trinajstić information content (AvgIpc) is 2.36. The highest BCUT2D eigenvalue weighted by atomic mass is 19.1. The number of alkyl halides is 2. The van der Waals surface area contributed by atoms with Crippen LogP contribution >= 0.6 is 0 Å². The molecule has 0 aliphatic rings. The fourth-order valence-corrected chi connectivity index (χ4v) is 1.86. The van der Waals surface area contributed by atoms with Gasteiger partial charge in [0, 0.05) is 0 Å². The number of hydrogen-bond donors (Lipinski definition) is 0. The first-order chi connectivity index (χ1) is 7.59. The van der Waals surface area contributed by atoms with Crippen LogP contribution < -0.4 is 0 Å². The summed E-state index contributed by atoms with van der Waals surface area (Å²) in [4.78, 5) is 0. The lowest BCUT2D eigenvalue weighted by atomic mass is 9.60. The smallest absolute Gasteiger partial charge is 0.115 e. The van der Waals surface area contributed by atoms with Crippen molar-refractivity contribution in [3.05, 3.63) is 34.9 Å². The lowest BCUT2D eigenvalue weighted by molar-refractivity contribution is 0.471. The SMILES string of the molecule is [B]C(CC)(CC)c1cc(CF)cc(CF)c1. The van der Waals surface area contributed by atoms with Crippen molar-refractivity contribution in [3.8, 4) is 0 Å². The minimum absolute atomic E-state index is 0.477. The molecule has 0 saturated heterocycles. The summed E-state index contributed by atoms with van der Waals surface area (Å²) in [6, 6.07) is 5.04. The molecule has 0 heterocycles. The van der Waals surface area contributed by atoms with Gasteiger partial charge in [-0.1, -0.05) is 44.9 Å². The quantitative estimate of drug-likeness (QED) is 0.664. The van der Waals surface area contributed by atoms with Gasteiger partial charge in [-0.05, 0) is 22.0 Å². The summed E-state index contributed by atoms with van der Waals surface area (Å²) in [5.74, 6) is 0. The number of rotatable bonds is 5. The van der Waals surface area contributed by atoms with Gasteiger partial charge in [0.1, 0.15) is 13.3 Å². The summed E-state index contributed by atoms with van der Waals surface area (Å²) in [6.07, 6.45) is 1.51. The third-order valence-corrected chi connectivity index (χ3v) is 3.20. The van der Waals surface area contributed by atoms with Crippen LogP contribution in [-0.4, -0.2) is 7.85 Å². The molecule has 1 aromatic rings. The van der Waals surface area contributed by atoms with Crippen molar-refractivity contribution in [2.45, 2.75) is 45.4 Å². The fourth-order valence-electron chi connectivity index (χ4n) is 1.86. The van der Waals surface area contributed by atoms with E-state index in [1.807, 2.05) is 13.8 Å². The van der Waals surface area contributed by atoms with Crippen molar-refractivity contribution in [3.63, 3.8) is 0 Å². The van der Waals surface area contributed by atoms with Crippen molar-refractivity contribution < 1.29 is 8.78 Å². The van der Waals surface area contributed by atoms with Crippen LogP contribution in [0.15, 0.2) is 18.2 Å². The van der Waals surface area contributed by atoms with E-state index in [2.05, 4.69) is 0 Å². The largest absolute Gasteiger partial charge is 0.246 e. The Balaban J connectivity index is 3.21. The van der Waals surface area contributed by atoms with Gasteiger partial charge in [0.25, 0.3) is 0 Å². The van der Waals surface area contributed by atoms with E-state index in [-0.39, 0.29) is 0 Å². The normalized spacial score (nSPS) is 11.8. The van der Waals surface area contributed by atoms with E-state index in [4.69, 9.17) is 7.85 Å².